The normalized spacial score (nSPS) is 26.7. The van der Waals surface area contributed by atoms with E-state index in [0.29, 0.717) is 11.4 Å². The van der Waals surface area contributed by atoms with Gasteiger partial charge >= 0.3 is 0 Å². The molecule has 1 heterocycles. The molecule has 1 aliphatic rings. The van der Waals surface area contributed by atoms with Crippen LogP contribution in [0.25, 0.3) is 0 Å². The van der Waals surface area contributed by atoms with Gasteiger partial charge in [0.25, 0.3) is 0 Å². The predicted octanol–water partition coefficient (Wildman–Crippen LogP) is 3.13. The van der Waals surface area contributed by atoms with Crippen molar-refractivity contribution >= 4 is 23.5 Å². The first-order valence-corrected chi connectivity index (χ1v) is 7.08. The Morgan fingerprint density at radius 2 is 2.07 bits per heavy atom. The number of rotatable bonds is 2. The number of hydrogen-bond donors (Lipinski definition) is 1. The van der Waals surface area contributed by atoms with E-state index in [1.54, 1.807) is 11.8 Å². The molecule has 2 atom stereocenters. The summed E-state index contributed by atoms with van der Waals surface area (Å²) in [5.41, 5.74) is 1.40. The van der Waals surface area contributed by atoms with E-state index in [0.717, 1.165) is 0 Å². The van der Waals surface area contributed by atoms with Crippen molar-refractivity contribution in [2.45, 2.75) is 23.2 Å². The summed E-state index contributed by atoms with van der Waals surface area (Å²) in [4.78, 5) is 1.34. The van der Waals surface area contributed by atoms with Crippen molar-refractivity contribution in [2.75, 3.05) is 12.0 Å². The lowest BCUT2D eigenvalue weighted by molar-refractivity contribution is 0.618. The summed E-state index contributed by atoms with van der Waals surface area (Å²) in [6.45, 7) is 2.24. The molecule has 0 radical (unpaired) electrons. The van der Waals surface area contributed by atoms with E-state index in [4.69, 9.17) is 0 Å². The number of benzene rings is 1. The van der Waals surface area contributed by atoms with Crippen LogP contribution in [-0.2, 0) is 0 Å². The number of hydrogen-bond acceptors (Lipinski definition) is 3. The summed E-state index contributed by atoms with van der Waals surface area (Å²) in [5, 5.41) is 4.06. The van der Waals surface area contributed by atoms with Crippen LogP contribution in [0.1, 0.15) is 17.9 Å². The van der Waals surface area contributed by atoms with Crippen molar-refractivity contribution in [3.05, 3.63) is 29.8 Å². The maximum absolute atomic E-state index is 3.56. The van der Waals surface area contributed by atoms with Crippen LogP contribution in [0.15, 0.2) is 29.2 Å². The molecule has 3 heteroatoms. The summed E-state index contributed by atoms with van der Waals surface area (Å²) in [7, 11) is 0. The monoisotopic (exact) mass is 225 g/mol. The van der Waals surface area contributed by atoms with Gasteiger partial charge in [0.2, 0.25) is 0 Å². The summed E-state index contributed by atoms with van der Waals surface area (Å²) in [5.74, 6) is 1.22. The minimum Gasteiger partial charge on any atom is -0.298 e. The molecule has 1 fully saturated rings. The fourth-order valence-electron chi connectivity index (χ4n) is 1.57. The topological polar surface area (TPSA) is 12.0 Å². The Kier molecular flexibility index (Phi) is 3.42. The molecular formula is C11H15NS2. The molecule has 0 saturated carbocycles. The molecule has 0 aliphatic carbocycles. The fraction of sp³-hybridized carbons (Fsp3) is 0.455. The molecule has 14 heavy (non-hydrogen) atoms. The van der Waals surface area contributed by atoms with Crippen LogP contribution < -0.4 is 5.32 Å². The zero-order valence-corrected chi connectivity index (χ0v) is 10.1. The van der Waals surface area contributed by atoms with Gasteiger partial charge in [0.05, 0.1) is 5.37 Å². The average Bonchev–Trinajstić information content (AvgIpc) is 2.65. The second-order valence-corrected chi connectivity index (χ2v) is 5.57. The van der Waals surface area contributed by atoms with Crippen molar-refractivity contribution in [3.63, 3.8) is 0 Å². The maximum atomic E-state index is 3.56. The van der Waals surface area contributed by atoms with Crippen LogP contribution in [0.3, 0.4) is 0 Å². The van der Waals surface area contributed by atoms with Gasteiger partial charge in [-0.3, -0.25) is 5.32 Å². The zero-order chi connectivity index (χ0) is 9.97. The molecule has 0 aromatic heterocycles. The Labute approximate surface area is 94.0 Å². The number of thioether (sulfide) groups is 2. The van der Waals surface area contributed by atoms with E-state index in [1.807, 2.05) is 11.8 Å². The highest BCUT2D eigenvalue weighted by Crippen LogP contribution is 2.33. The van der Waals surface area contributed by atoms with Gasteiger partial charge in [0, 0.05) is 16.7 Å². The molecule has 1 aromatic carbocycles. The summed E-state index contributed by atoms with van der Waals surface area (Å²) in [6.07, 6.45) is 2.11. The van der Waals surface area contributed by atoms with Crippen LogP contribution in [0.2, 0.25) is 0 Å². The van der Waals surface area contributed by atoms with Gasteiger partial charge in [-0.1, -0.05) is 12.1 Å². The average molecular weight is 225 g/mol. The lowest BCUT2D eigenvalue weighted by atomic mass is 10.2. The molecule has 1 nitrogen and oxygen atoms in total. The molecule has 0 bridgehead atoms. The SMILES string of the molecule is CSc1ccc(C2NC(C)CS2)cc1. The van der Waals surface area contributed by atoms with Crippen LogP contribution >= 0.6 is 23.5 Å². The Morgan fingerprint density at radius 1 is 1.36 bits per heavy atom. The van der Waals surface area contributed by atoms with Crippen molar-refractivity contribution < 1.29 is 0 Å². The van der Waals surface area contributed by atoms with Crippen LogP contribution in [-0.4, -0.2) is 18.1 Å². The van der Waals surface area contributed by atoms with Gasteiger partial charge in [0.1, 0.15) is 0 Å². The molecule has 2 rings (SSSR count). The van der Waals surface area contributed by atoms with E-state index in [2.05, 4.69) is 42.8 Å². The predicted molar refractivity (Wildman–Crippen MR) is 66.0 cm³/mol. The van der Waals surface area contributed by atoms with Gasteiger partial charge in [-0.25, -0.2) is 0 Å². The van der Waals surface area contributed by atoms with Gasteiger partial charge in [0.15, 0.2) is 0 Å². The van der Waals surface area contributed by atoms with Crippen molar-refractivity contribution in [3.8, 4) is 0 Å². The second kappa shape index (κ2) is 4.60. The van der Waals surface area contributed by atoms with E-state index in [9.17, 15) is 0 Å². The molecule has 76 valence electrons. The molecule has 1 N–H and O–H groups in total. The first kappa shape index (κ1) is 10.4. The third-order valence-corrected chi connectivity index (χ3v) is 4.54. The Balaban J connectivity index is 2.09. The molecule has 2 unspecified atom stereocenters. The van der Waals surface area contributed by atoms with E-state index >= 15 is 0 Å². The standard InChI is InChI=1S/C11H15NS2/c1-8-7-14-11(12-8)9-3-5-10(13-2)6-4-9/h3-6,8,11-12H,7H2,1-2H3. The van der Waals surface area contributed by atoms with E-state index in [-0.39, 0.29) is 0 Å². The second-order valence-electron chi connectivity index (χ2n) is 3.55. The molecule has 0 spiro atoms. The molecule has 1 saturated heterocycles. The lowest BCUT2D eigenvalue weighted by Crippen LogP contribution is -2.21. The van der Waals surface area contributed by atoms with E-state index in [1.165, 1.54) is 16.2 Å². The van der Waals surface area contributed by atoms with Crippen molar-refractivity contribution in [1.82, 2.24) is 5.32 Å². The minimum atomic E-state index is 0.501. The van der Waals surface area contributed by atoms with Crippen LogP contribution in [0.5, 0.6) is 0 Å². The van der Waals surface area contributed by atoms with Crippen LogP contribution in [0, 0.1) is 0 Å². The van der Waals surface area contributed by atoms with Gasteiger partial charge < -0.3 is 0 Å². The minimum absolute atomic E-state index is 0.501. The smallest absolute Gasteiger partial charge is 0.0792 e. The Bertz CT molecular complexity index is 297. The van der Waals surface area contributed by atoms with Gasteiger partial charge in [-0.15, -0.1) is 23.5 Å². The molecule has 0 amide bonds. The highest BCUT2D eigenvalue weighted by molar-refractivity contribution is 7.99. The van der Waals surface area contributed by atoms with Gasteiger partial charge in [-0.2, -0.15) is 0 Å². The fourth-order valence-corrected chi connectivity index (χ4v) is 3.23. The summed E-state index contributed by atoms with van der Waals surface area (Å²) < 4.78 is 0. The maximum Gasteiger partial charge on any atom is 0.0792 e. The van der Waals surface area contributed by atoms with Gasteiger partial charge in [-0.05, 0) is 30.9 Å². The highest BCUT2D eigenvalue weighted by Gasteiger charge is 2.21. The molecule has 1 aliphatic heterocycles. The summed E-state index contributed by atoms with van der Waals surface area (Å²) >= 11 is 3.79. The lowest BCUT2D eigenvalue weighted by Gasteiger charge is -2.11. The molecule has 1 aromatic rings. The Morgan fingerprint density at radius 3 is 2.57 bits per heavy atom. The third-order valence-electron chi connectivity index (χ3n) is 2.37. The largest absolute Gasteiger partial charge is 0.298 e. The first-order valence-electron chi connectivity index (χ1n) is 4.81. The highest BCUT2D eigenvalue weighted by atomic mass is 32.2. The van der Waals surface area contributed by atoms with Crippen molar-refractivity contribution in [2.24, 2.45) is 0 Å². The third kappa shape index (κ3) is 2.27. The first-order chi connectivity index (χ1) is 6.79. The van der Waals surface area contributed by atoms with E-state index < -0.39 is 0 Å². The zero-order valence-electron chi connectivity index (χ0n) is 8.49. The quantitative estimate of drug-likeness (QED) is 0.777. The summed E-state index contributed by atoms with van der Waals surface area (Å²) in [6, 6.07) is 9.50. The van der Waals surface area contributed by atoms with Crippen LogP contribution in [0.4, 0.5) is 0 Å². The number of nitrogens with one attached hydrogen (secondary N) is 1. The van der Waals surface area contributed by atoms with Crippen molar-refractivity contribution in [1.29, 1.82) is 0 Å². The Hall–Kier alpha value is -0.120. The molecular weight excluding hydrogens is 210 g/mol.